The van der Waals surface area contributed by atoms with E-state index in [4.69, 9.17) is 4.74 Å². The summed E-state index contributed by atoms with van der Waals surface area (Å²) in [6.45, 7) is 11.6. The summed E-state index contributed by atoms with van der Waals surface area (Å²) in [6, 6.07) is 2.62. The summed E-state index contributed by atoms with van der Waals surface area (Å²) in [6.07, 6.45) is 3.97. The number of hydrogen-bond donors (Lipinski definition) is 2. The number of halogens is 2. The third-order valence-corrected chi connectivity index (χ3v) is 7.69. The van der Waals surface area contributed by atoms with Crippen LogP contribution in [0, 0.1) is 0 Å². The largest absolute Gasteiger partial charge is 0.444 e. The number of alkyl halides is 2. The summed E-state index contributed by atoms with van der Waals surface area (Å²) >= 11 is 0. The van der Waals surface area contributed by atoms with Crippen LogP contribution in [0.2, 0.25) is 0 Å². The summed E-state index contributed by atoms with van der Waals surface area (Å²) in [4.78, 5) is 46.8. The van der Waals surface area contributed by atoms with Crippen LogP contribution in [0.3, 0.4) is 0 Å². The number of hydrogen-bond acceptors (Lipinski definition) is 9. The minimum Gasteiger partial charge on any atom is -0.444 e. The highest BCUT2D eigenvalue weighted by molar-refractivity contribution is 6.06. The second-order valence-electron chi connectivity index (χ2n) is 13.1. The van der Waals surface area contributed by atoms with Crippen LogP contribution in [-0.2, 0) is 4.74 Å². The van der Waals surface area contributed by atoms with Gasteiger partial charge in [-0.25, -0.2) is 23.5 Å². The van der Waals surface area contributed by atoms with Gasteiger partial charge in [-0.3, -0.25) is 9.78 Å². The number of pyridine rings is 2. The topological polar surface area (TPSA) is 125 Å². The maximum atomic E-state index is 14.9. The molecule has 2 saturated heterocycles. The molecule has 5 heterocycles. The number of rotatable bonds is 6. The fourth-order valence-electron chi connectivity index (χ4n) is 5.54. The molecule has 2 amide bonds. The van der Waals surface area contributed by atoms with Crippen molar-refractivity contribution >= 4 is 40.4 Å². The Bertz CT molecular complexity index is 1540. The molecule has 1 unspecified atom stereocenters. The van der Waals surface area contributed by atoms with Crippen molar-refractivity contribution in [2.24, 2.45) is 0 Å². The molecule has 0 spiro atoms. The van der Waals surface area contributed by atoms with Crippen LogP contribution in [-0.4, -0.2) is 86.5 Å². The van der Waals surface area contributed by atoms with Crippen molar-refractivity contribution in [2.45, 2.75) is 83.8 Å². The highest BCUT2D eigenvalue weighted by Gasteiger charge is 2.39. The number of likely N-dealkylation sites (tertiary alicyclic amines) is 1. The zero-order valence-electron chi connectivity index (χ0n) is 26.0. The van der Waals surface area contributed by atoms with Gasteiger partial charge in [0.05, 0.1) is 19.1 Å². The monoisotopic (exact) mass is 610 g/mol. The van der Waals surface area contributed by atoms with Gasteiger partial charge in [-0.1, -0.05) is 13.8 Å². The van der Waals surface area contributed by atoms with Crippen molar-refractivity contribution in [3.63, 3.8) is 0 Å². The minimum absolute atomic E-state index is 0.0148. The quantitative estimate of drug-likeness (QED) is 0.382. The second-order valence-corrected chi connectivity index (χ2v) is 13.1. The summed E-state index contributed by atoms with van der Waals surface area (Å²) in [7, 11) is 0. The summed E-state index contributed by atoms with van der Waals surface area (Å²) in [5.74, 6) is 0.950. The minimum atomic E-state index is -1.46. The lowest BCUT2D eigenvalue weighted by Crippen LogP contribution is -2.44. The standard InChI is InChI=1S/C31H40F2N8O3/c1-18(2)20-13-36-26(27(42)37-23-16-41(15-22(23)32)29(43)44-30(3,4)5)21-14-35-25(12-19(20)21)38-24-8-10-34-28(39-24)40-11-7-9-31(6,33)17-40/h8,10,12-14,18,22-23H,7,9,11,15-17H2,1-6H3,(H,37,42)(H,34,35,38,39)/t22-,23?,31-/m1/s1. The first-order chi connectivity index (χ1) is 20.7. The molecule has 11 nitrogen and oxygen atoms in total. The van der Waals surface area contributed by atoms with Crippen LogP contribution >= 0.6 is 0 Å². The van der Waals surface area contributed by atoms with Gasteiger partial charge in [-0.05, 0) is 69.5 Å². The zero-order valence-corrected chi connectivity index (χ0v) is 26.0. The van der Waals surface area contributed by atoms with Crippen molar-refractivity contribution in [3.8, 4) is 0 Å². The molecular formula is C31H40F2N8O3. The van der Waals surface area contributed by atoms with Gasteiger partial charge in [0.2, 0.25) is 5.95 Å². The molecule has 236 valence electrons. The molecule has 2 N–H and O–H groups in total. The Labute approximate surface area is 255 Å². The highest BCUT2D eigenvalue weighted by Crippen LogP contribution is 2.30. The molecule has 0 radical (unpaired) electrons. The predicted molar refractivity (Wildman–Crippen MR) is 164 cm³/mol. The van der Waals surface area contributed by atoms with E-state index in [1.165, 1.54) is 4.90 Å². The fourth-order valence-corrected chi connectivity index (χ4v) is 5.54. The first-order valence-electron chi connectivity index (χ1n) is 14.9. The van der Waals surface area contributed by atoms with E-state index in [1.807, 2.05) is 24.8 Å². The number of nitrogens with zero attached hydrogens (tertiary/aromatic N) is 6. The molecule has 0 aliphatic carbocycles. The Balaban J connectivity index is 1.36. The van der Waals surface area contributed by atoms with Crippen molar-refractivity contribution in [1.29, 1.82) is 0 Å². The van der Waals surface area contributed by atoms with Crippen LogP contribution < -0.4 is 15.5 Å². The number of ether oxygens (including phenoxy) is 1. The normalized spacial score (nSPS) is 22.4. The van der Waals surface area contributed by atoms with E-state index in [2.05, 4.69) is 30.6 Å². The third-order valence-electron chi connectivity index (χ3n) is 7.69. The lowest BCUT2D eigenvalue weighted by molar-refractivity contribution is 0.0281. The molecule has 44 heavy (non-hydrogen) atoms. The maximum absolute atomic E-state index is 14.9. The maximum Gasteiger partial charge on any atom is 0.410 e. The molecule has 13 heteroatoms. The first kappa shape index (κ1) is 31.3. The van der Waals surface area contributed by atoms with Gasteiger partial charge in [-0.15, -0.1) is 0 Å². The van der Waals surface area contributed by atoms with Crippen molar-refractivity contribution in [1.82, 2.24) is 30.2 Å². The Morgan fingerprint density at radius 3 is 2.59 bits per heavy atom. The molecule has 5 rings (SSSR count). The highest BCUT2D eigenvalue weighted by atomic mass is 19.1. The van der Waals surface area contributed by atoms with E-state index in [9.17, 15) is 18.4 Å². The van der Waals surface area contributed by atoms with Crippen LogP contribution in [0.15, 0.2) is 30.7 Å². The summed E-state index contributed by atoms with van der Waals surface area (Å²) in [5.41, 5.74) is -1.00. The van der Waals surface area contributed by atoms with Gasteiger partial charge >= 0.3 is 6.09 Å². The van der Waals surface area contributed by atoms with E-state index in [0.717, 1.165) is 17.4 Å². The van der Waals surface area contributed by atoms with Gasteiger partial charge in [0.15, 0.2) is 0 Å². The van der Waals surface area contributed by atoms with Crippen LogP contribution in [0.1, 0.15) is 76.4 Å². The molecule has 3 atom stereocenters. The predicted octanol–water partition coefficient (Wildman–Crippen LogP) is 5.30. The van der Waals surface area contributed by atoms with Crippen molar-refractivity contribution in [2.75, 3.05) is 36.4 Å². The Kier molecular flexibility index (Phi) is 8.59. The summed E-state index contributed by atoms with van der Waals surface area (Å²) in [5, 5.41) is 7.19. The number of fused-ring (bicyclic) bond motifs is 1. The average molecular weight is 611 g/mol. The molecule has 3 aromatic rings. The van der Waals surface area contributed by atoms with Gasteiger partial charge in [0.25, 0.3) is 5.91 Å². The Hall–Kier alpha value is -4.16. The zero-order chi connectivity index (χ0) is 31.8. The van der Waals surface area contributed by atoms with Gasteiger partial charge in [-0.2, -0.15) is 4.98 Å². The molecule has 0 saturated carbocycles. The SMILES string of the molecule is CC(C)c1cnc(C(=O)NC2CN(C(=O)OC(C)(C)C)C[C@H]2F)c2cnc(Nc3ccnc(N4CCC[C@@](C)(F)C4)n3)cc12. The Morgan fingerprint density at radius 1 is 1.11 bits per heavy atom. The van der Waals surface area contributed by atoms with Gasteiger partial charge < -0.3 is 25.2 Å². The fraction of sp³-hybridized carbons (Fsp3) is 0.548. The number of carbonyl (C=O) groups is 2. The molecule has 0 bridgehead atoms. The third kappa shape index (κ3) is 7.13. The number of anilines is 3. The van der Waals surface area contributed by atoms with E-state index in [1.54, 1.807) is 52.4 Å². The summed E-state index contributed by atoms with van der Waals surface area (Å²) < 4.78 is 34.9. The number of aromatic nitrogens is 4. The smallest absolute Gasteiger partial charge is 0.410 e. The van der Waals surface area contributed by atoms with Gasteiger partial charge in [0, 0.05) is 37.1 Å². The molecular weight excluding hydrogens is 570 g/mol. The molecule has 2 aliphatic rings. The van der Waals surface area contributed by atoms with E-state index < -0.39 is 35.5 Å². The van der Waals surface area contributed by atoms with Gasteiger partial charge in [0.1, 0.15) is 34.8 Å². The number of carbonyl (C=O) groups excluding carboxylic acids is 2. The number of piperidine rings is 1. The van der Waals surface area contributed by atoms with E-state index in [0.29, 0.717) is 35.9 Å². The van der Waals surface area contributed by atoms with Crippen LogP contribution in [0.25, 0.3) is 10.8 Å². The lowest BCUT2D eigenvalue weighted by Gasteiger charge is -2.35. The average Bonchev–Trinajstić information content (AvgIpc) is 3.31. The Morgan fingerprint density at radius 2 is 1.89 bits per heavy atom. The molecule has 0 aromatic carbocycles. The van der Waals surface area contributed by atoms with Crippen LogP contribution in [0.5, 0.6) is 0 Å². The number of amides is 2. The lowest BCUT2D eigenvalue weighted by atomic mass is 9.97. The molecule has 3 aromatic heterocycles. The molecule has 2 aliphatic heterocycles. The van der Waals surface area contributed by atoms with Crippen molar-refractivity contribution in [3.05, 3.63) is 42.0 Å². The van der Waals surface area contributed by atoms with Crippen molar-refractivity contribution < 1.29 is 23.1 Å². The van der Waals surface area contributed by atoms with E-state index in [-0.39, 0.29) is 31.2 Å². The first-order valence-corrected chi connectivity index (χ1v) is 14.9. The molecule has 2 fully saturated rings. The van der Waals surface area contributed by atoms with E-state index >= 15 is 0 Å². The van der Waals surface area contributed by atoms with Crippen LogP contribution in [0.4, 0.5) is 31.2 Å². The second kappa shape index (κ2) is 12.1. The number of nitrogens with one attached hydrogen (secondary N) is 2.